The van der Waals surface area contributed by atoms with Crippen molar-refractivity contribution in [1.29, 1.82) is 0 Å². The fourth-order valence-electron chi connectivity index (χ4n) is 3.04. The summed E-state index contributed by atoms with van der Waals surface area (Å²) in [5, 5.41) is 7.90. The molecule has 1 saturated heterocycles. The molecular weight excluding hydrogens is 413 g/mol. The van der Waals surface area contributed by atoms with E-state index in [1.165, 1.54) is 0 Å². The SMILES string of the molecule is CNCC1CCN(C(=O)c2cc(COc3c(Cl)cccc3Cl)on2)CC1.Cl. The van der Waals surface area contributed by atoms with Crippen molar-refractivity contribution in [3.8, 4) is 5.75 Å². The maximum Gasteiger partial charge on any atom is 0.276 e. The van der Waals surface area contributed by atoms with Crippen molar-refractivity contribution in [3.05, 3.63) is 45.8 Å². The maximum atomic E-state index is 12.6. The molecule has 0 saturated carbocycles. The number of benzene rings is 1. The van der Waals surface area contributed by atoms with Crippen LogP contribution in [0.25, 0.3) is 0 Å². The number of rotatable bonds is 6. The molecule has 1 fully saturated rings. The van der Waals surface area contributed by atoms with Gasteiger partial charge in [0.05, 0.1) is 10.0 Å². The van der Waals surface area contributed by atoms with Crippen LogP contribution in [0.3, 0.4) is 0 Å². The summed E-state index contributed by atoms with van der Waals surface area (Å²) in [6.45, 7) is 2.55. The number of hydrogen-bond acceptors (Lipinski definition) is 5. The molecule has 0 bridgehead atoms. The Bertz CT molecular complexity index is 741. The average Bonchev–Trinajstić information content (AvgIpc) is 3.11. The van der Waals surface area contributed by atoms with Gasteiger partial charge in [-0.05, 0) is 44.5 Å². The van der Waals surface area contributed by atoms with Crippen molar-refractivity contribution >= 4 is 41.5 Å². The maximum absolute atomic E-state index is 12.6. The molecule has 9 heteroatoms. The number of hydrogen-bond donors (Lipinski definition) is 1. The molecule has 148 valence electrons. The lowest BCUT2D eigenvalue weighted by Gasteiger charge is -2.31. The van der Waals surface area contributed by atoms with Gasteiger partial charge in [-0.2, -0.15) is 0 Å². The third kappa shape index (κ3) is 5.51. The van der Waals surface area contributed by atoms with Crippen molar-refractivity contribution in [2.45, 2.75) is 19.4 Å². The van der Waals surface area contributed by atoms with E-state index in [0.717, 1.165) is 32.5 Å². The van der Waals surface area contributed by atoms with Crippen molar-refractivity contribution in [2.24, 2.45) is 5.92 Å². The summed E-state index contributed by atoms with van der Waals surface area (Å²) in [4.78, 5) is 14.4. The van der Waals surface area contributed by atoms with Crippen molar-refractivity contribution in [3.63, 3.8) is 0 Å². The van der Waals surface area contributed by atoms with Crippen LogP contribution < -0.4 is 10.1 Å². The average molecular weight is 435 g/mol. The van der Waals surface area contributed by atoms with Gasteiger partial charge in [-0.1, -0.05) is 34.4 Å². The second-order valence-electron chi connectivity index (χ2n) is 6.31. The van der Waals surface area contributed by atoms with E-state index in [0.29, 0.717) is 33.2 Å². The molecule has 1 aromatic heterocycles. The smallest absolute Gasteiger partial charge is 0.276 e. The number of carbonyl (C=O) groups excluding carboxylic acids is 1. The molecule has 1 amide bonds. The Morgan fingerprint density at radius 2 is 2.00 bits per heavy atom. The first-order valence-electron chi connectivity index (χ1n) is 8.54. The number of para-hydroxylation sites is 1. The summed E-state index contributed by atoms with van der Waals surface area (Å²) in [7, 11) is 1.95. The standard InChI is InChI=1S/C18H21Cl2N3O3.ClH/c1-21-10-12-5-7-23(8-6-12)18(24)16-9-13(26-22-16)11-25-17-14(19)3-2-4-15(17)20;/h2-4,9,12,21H,5-8,10-11H2,1H3;1H. The van der Waals surface area contributed by atoms with Gasteiger partial charge in [0.25, 0.3) is 5.91 Å². The first-order valence-corrected chi connectivity index (χ1v) is 9.30. The number of ether oxygens (including phenoxy) is 1. The number of nitrogens with zero attached hydrogens (tertiary/aromatic N) is 2. The fourth-order valence-corrected chi connectivity index (χ4v) is 3.54. The largest absolute Gasteiger partial charge is 0.482 e. The van der Waals surface area contributed by atoms with Gasteiger partial charge >= 0.3 is 0 Å². The van der Waals surface area contributed by atoms with Crippen LogP contribution in [0.4, 0.5) is 0 Å². The van der Waals surface area contributed by atoms with Gasteiger partial charge in [0, 0.05) is 19.2 Å². The molecule has 0 spiro atoms. The Morgan fingerprint density at radius 3 is 2.63 bits per heavy atom. The molecule has 2 heterocycles. The minimum atomic E-state index is -0.112. The van der Waals surface area contributed by atoms with Gasteiger partial charge in [-0.25, -0.2) is 0 Å². The zero-order valence-corrected chi connectivity index (χ0v) is 17.2. The van der Waals surface area contributed by atoms with E-state index < -0.39 is 0 Å². The number of piperidine rings is 1. The van der Waals surface area contributed by atoms with Crippen LogP contribution in [0, 0.1) is 5.92 Å². The van der Waals surface area contributed by atoms with Gasteiger partial charge in [0.2, 0.25) is 0 Å². The number of likely N-dealkylation sites (tertiary alicyclic amines) is 1. The molecular formula is C18H22Cl3N3O3. The molecule has 2 aromatic rings. The highest BCUT2D eigenvalue weighted by Gasteiger charge is 2.25. The van der Waals surface area contributed by atoms with E-state index in [2.05, 4.69) is 10.5 Å². The first-order chi connectivity index (χ1) is 12.6. The van der Waals surface area contributed by atoms with E-state index in [1.54, 1.807) is 24.3 Å². The van der Waals surface area contributed by atoms with E-state index in [9.17, 15) is 4.79 Å². The number of nitrogens with one attached hydrogen (secondary N) is 1. The molecule has 0 atom stereocenters. The van der Waals surface area contributed by atoms with E-state index in [-0.39, 0.29) is 24.9 Å². The summed E-state index contributed by atoms with van der Waals surface area (Å²) < 4.78 is 10.8. The highest BCUT2D eigenvalue weighted by atomic mass is 35.5. The Balaban J connectivity index is 0.00000261. The van der Waals surface area contributed by atoms with Crippen LogP contribution in [0.5, 0.6) is 5.75 Å². The molecule has 3 rings (SSSR count). The quantitative estimate of drug-likeness (QED) is 0.743. The van der Waals surface area contributed by atoms with Gasteiger partial charge in [0.15, 0.2) is 17.2 Å². The molecule has 0 unspecified atom stereocenters. The van der Waals surface area contributed by atoms with Gasteiger partial charge < -0.3 is 19.5 Å². The molecule has 6 nitrogen and oxygen atoms in total. The Morgan fingerprint density at radius 1 is 1.33 bits per heavy atom. The summed E-state index contributed by atoms with van der Waals surface area (Å²) in [6, 6.07) is 6.72. The molecule has 0 aliphatic carbocycles. The number of carbonyl (C=O) groups is 1. The molecule has 1 aliphatic rings. The lowest BCUT2D eigenvalue weighted by atomic mass is 9.96. The van der Waals surface area contributed by atoms with Gasteiger partial charge in [0.1, 0.15) is 6.61 Å². The predicted molar refractivity (Wildman–Crippen MR) is 107 cm³/mol. The minimum Gasteiger partial charge on any atom is -0.482 e. The summed E-state index contributed by atoms with van der Waals surface area (Å²) >= 11 is 12.1. The zero-order valence-electron chi connectivity index (χ0n) is 14.9. The van der Waals surface area contributed by atoms with E-state index in [1.807, 2.05) is 11.9 Å². The second-order valence-corrected chi connectivity index (χ2v) is 7.13. The highest BCUT2D eigenvalue weighted by Crippen LogP contribution is 2.33. The first kappa shape index (κ1) is 21.8. The van der Waals surface area contributed by atoms with Crippen molar-refractivity contribution in [2.75, 3.05) is 26.7 Å². The molecule has 27 heavy (non-hydrogen) atoms. The summed E-state index contributed by atoms with van der Waals surface area (Å²) in [6.07, 6.45) is 1.98. The normalized spacial score (nSPS) is 14.7. The lowest BCUT2D eigenvalue weighted by molar-refractivity contribution is 0.0680. The summed E-state index contributed by atoms with van der Waals surface area (Å²) in [5.74, 6) is 1.32. The minimum absolute atomic E-state index is 0. The van der Waals surface area contributed by atoms with Crippen LogP contribution in [-0.2, 0) is 6.61 Å². The lowest BCUT2D eigenvalue weighted by Crippen LogP contribution is -2.40. The molecule has 1 aliphatic heterocycles. The number of aromatic nitrogens is 1. The fraction of sp³-hybridized carbons (Fsp3) is 0.444. The molecule has 0 radical (unpaired) electrons. The van der Waals surface area contributed by atoms with Crippen LogP contribution in [0.2, 0.25) is 10.0 Å². The van der Waals surface area contributed by atoms with Crippen LogP contribution >= 0.6 is 35.6 Å². The highest BCUT2D eigenvalue weighted by molar-refractivity contribution is 6.37. The van der Waals surface area contributed by atoms with Gasteiger partial charge in [-0.15, -0.1) is 12.4 Å². The second kappa shape index (κ2) is 10.2. The predicted octanol–water partition coefficient (Wildman–Crippen LogP) is 4.05. The monoisotopic (exact) mass is 433 g/mol. The third-order valence-corrected chi connectivity index (χ3v) is 5.05. The van der Waals surface area contributed by atoms with Crippen LogP contribution in [0.15, 0.2) is 28.8 Å². The number of amides is 1. The summed E-state index contributed by atoms with van der Waals surface area (Å²) in [5.41, 5.74) is 0.293. The molecule has 1 N–H and O–H groups in total. The Hall–Kier alpha value is -1.47. The number of halogens is 3. The topological polar surface area (TPSA) is 67.6 Å². The van der Waals surface area contributed by atoms with Crippen LogP contribution in [0.1, 0.15) is 29.1 Å². The Kier molecular flexibility index (Phi) is 8.23. The Labute approximate surface area is 174 Å². The van der Waals surface area contributed by atoms with Crippen LogP contribution in [-0.4, -0.2) is 42.6 Å². The van der Waals surface area contributed by atoms with Crippen molar-refractivity contribution < 1.29 is 14.1 Å². The van der Waals surface area contributed by atoms with Crippen molar-refractivity contribution in [1.82, 2.24) is 15.4 Å². The molecule has 1 aromatic carbocycles. The van der Waals surface area contributed by atoms with Gasteiger partial charge in [-0.3, -0.25) is 4.79 Å². The van der Waals surface area contributed by atoms with E-state index >= 15 is 0 Å². The zero-order chi connectivity index (χ0) is 18.5. The third-order valence-electron chi connectivity index (χ3n) is 4.45. The van der Waals surface area contributed by atoms with E-state index in [4.69, 9.17) is 32.5 Å².